The minimum absolute atomic E-state index is 0.388. The van der Waals surface area contributed by atoms with Gasteiger partial charge in [-0.1, -0.05) is 44.2 Å². The Bertz CT molecular complexity index is 476. The first-order chi connectivity index (χ1) is 9.65. The van der Waals surface area contributed by atoms with E-state index in [1.54, 1.807) is 0 Å². The van der Waals surface area contributed by atoms with Crippen molar-refractivity contribution in [3.63, 3.8) is 0 Å². The number of nitrogens with one attached hydrogen (secondary N) is 1. The second kappa shape index (κ2) is 7.25. The topological polar surface area (TPSA) is 29.9 Å². The van der Waals surface area contributed by atoms with Crippen LogP contribution in [-0.4, -0.2) is 15.8 Å². The van der Waals surface area contributed by atoms with Crippen LogP contribution in [0.5, 0.6) is 0 Å². The molecular weight excluding hydrogens is 246 g/mol. The lowest BCUT2D eigenvalue weighted by atomic mass is 9.96. The molecule has 0 aliphatic rings. The van der Waals surface area contributed by atoms with Gasteiger partial charge >= 0.3 is 0 Å². The van der Waals surface area contributed by atoms with Crippen LogP contribution in [0.3, 0.4) is 0 Å². The number of benzene rings is 1. The molecule has 1 aromatic heterocycles. The Labute approximate surface area is 122 Å². The van der Waals surface area contributed by atoms with E-state index in [2.05, 4.69) is 61.5 Å². The summed E-state index contributed by atoms with van der Waals surface area (Å²) in [7, 11) is 0. The van der Waals surface area contributed by atoms with Gasteiger partial charge in [-0.3, -0.25) is 4.68 Å². The minimum Gasteiger partial charge on any atom is -0.306 e. The van der Waals surface area contributed by atoms with E-state index in [1.165, 1.54) is 5.56 Å². The molecular formula is C17H25N3. The highest BCUT2D eigenvalue weighted by atomic mass is 15.3. The average molecular weight is 271 g/mol. The van der Waals surface area contributed by atoms with Gasteiger partial charge in [0.2, 0.25) is 0 Å². The van der Waals surface area contributed by atoms with Crippen LogP contribution < -0.4 is 5.32 Å². The van der Waals surface area contributed by atoms with Gasteiger partial charge in [0.15, 0.2) is 0 Å². The van der Waals surface area contributed by atoms with Gasteiger partial charge < -0.3 is 5.32 Å². The van der Waals surface area contributed by atoms with E-state index in [0.717, 1.165) is 13.0 Å². The molecule has 0 fully saturated rings. The van der Waals surface area contributed by atoms with Crippen molar-refractivity contribution in [3.05, 3.63) is 54.4 Å². The molecule has 0 amide bonds. The van der Waals surface area contributed by atoms with Crippen molar-refractivity contribution < 1.29 is 0 Å². The van der Waals surface area contributed by atoms with E-state index in [0.29, 0.717) is 18.0 Å². The summed E-state index contributed by atoms with van der Waals surface area (Å²) < 4.78 is 1.98. The maximum absolute atomic E-state index is 4.27. The molecule has 3 heteroatoms. The van der Waals surface area contributed by atoms with Crippen LogP contribution in [0.2, 0.25) is 0 Å². The molecule has 0 radical (unpaired) electrons. The number of hydrogen-bond acceptors (Lipinski definition) is 2. The minimum atomic E-state index is 0.388. The van der Waals surface area contributed by atoms with E-state index < -0.39 is 0 Å². The number of hydrogen-bond donors (Lipinski definition) is 1. The average Bonchev–Trinajstić information content (AvgIpc) is 2.91. The predicted molar refractivity (Wildman–Crippen MR) is 83.5 cm³/mol. The monoisotopic (exact) mass is 271 g/mol. The van der Waals surface area contributed by atoms with Crippen molar-refractivity contribution in [2.24, 2.45) is 5.92 Å². The van der Waals surface area contributed by atoms with Crippen molar-refractivity contribution in [2.45, 2.75) is 45.8 Å². The smallest absolute Gasteiger partial charge is 0.0560 e. The first-order valence-electron chi connectivity index (χ1n) is 7.43. The van der Waals surface area contributed by atoms with Gasteiger partial charge in [0.25, 0.3) is 0 Å². The normalized spacial score (nSPS) is 14.4. The molecule has 1 N–H and O–H groups in total. The van der Waals surface area contributed by atoms with Crippen LogP contribution in [0.25, 0.3) is 0 Å². The maximum Gasteiger partial charge on any atom is 0.0560 e. The zero-order valence-electron chi connectivity index (χ0n) is 12.7. The Morgan fingerprint density at radius 2 is 1.85 bits per heavy atom. The second-order valence-electron chi connectivity index (χ2n) is 5.89. The van der Waals surface area contributed by atoms with E-state index in [-0.39, 0.29) is 0 Å². The molecule has 108 valence electrons. The van der Waals surface area contributed by atoms with E-state index >= 15 is 0 Å². The summed E-state index contributed by atoms with van der Waals surface area (Å²) in [6.45, 7) is 7.66. The molecule has 0 saturated heterocycles. The largest absolute Gasteiger partial charge is 0.306 e. The Hall–Kier alpha value is -1.61. The van der Waals surface area contributed by atoms with Gasteiger partial charge in [-0.25, -0.2) is 0 Å². The highest BCUT2D eigenvalue weighted by molar-refractivity contribution is 5.19. The lowest BCUT2D eigenvalue weighted by Gasteiger charge is -2.25. The molecule has 0 spiro atoms. The van der Waals surface area contributed by atoms with E-state index in [4.69, 9.17) is 0 Å². The van der Waals surface area contributed by atoms with Crippen LogP contribution >= 0.6 is 0 Å². The van der Waals surface area contributed by atoms with Crippen molar-refractivity contribution in [1.82, 2.24) is 15.1 Å². The molecule has 2 unspecified atom stereocenters. The summed E-state index contributed by atoms with van der Waals surface area (Å²) in [6, 6.07) is 13.5. The quantitative estimate of drug-likeness (QED) is 0.833. The van der Waals surface area contributed by atoms with Crippen molar-refractivity contribution in [3.8, 4) is 0 Å². The van der Waals surface area contributed by atoms with Crippen molar-refractivity contribution in [1.29, 1.82) is 0 Å². The molecule has 1 aromatic carbocycles. The highest BCUT2D eigenvalue weighted by Crippen LogP contribution is 2.21. The van der Waals surface area contributed by atoms with Gasteiger partial charge in [-0.05, 0) is 30.9 Å². The van der Waals surface area contributed by atoms with Gasteiger partial charge in [0.05, 0.1) is 6.54 Å². The van der Waals surface area contributed by atoms with Crippen LogP contribution in [0.1, 0.15) is 38.8 Å². The lowest BCUT2D eigenvalue weighted by molar-refractivity contribution is 0.358. The van der Waals surface area contributed by atoms with Crippen molar-refractivity contribution >= 4 is 0 Å². The first-order valence-corrected chi connectivity index (χ1v) is 7.43. The standard InChI is InChI=1S/C17H25N3/c1-14(2)12-17(16-8-5-4-6-9-16)19-15(3)13-20-11-7-10-18-20/h4-11,14-15,17,19H,12-13H2,1-3H3. The summed E-state index contributed by atoms with van der Waals surface area (Å²) in [6.07, 6.45) is 4.99. The van der Waals surface area contributed by atoms with Crippen LogP contribution in [-0.2, 0) is 6.54 Å². The zero-order valence-corrected chi connectivity index (χ0v) is 12.7. The van der Waals surface area contributed by atoms with Crippen LogP contribution in [0.4, 0.5) is 0 Å². The summed E-state index contributed by atoms with van der Waals surface area (Å²) >= 11 is 0. The maximum atomic E-state index is 4.27. The molecule has 2 aromatic rings. The molecule has 3 nitrogen and oxygen atoms in total. The lowest BCUT2D eigenvalue weighted by Crippen LogP contribution is -2.34. The third-order valence-electron chi connectivity index (χ3n) is 3.41. The van der Waals surface area contributed by atoms with Crippen LogP contribution in [0.15, 0.2) is 48.8 Å². The number of rotatable bonds is 7. The molecule has 0 aliphatic carbocycles. The Kier molecular flexibility index (Phi) is 5.36. The zero-order chi connectivity index (χ0) is 14.4. The SMILES string of the molecule is CC(C)CC(NC(C)Cn1cccn1)c1ccccc1. The van der Waals surface area contributed by atoms with Gasteiger partial charge in [0, 0.05) is 24.5 Å². The molecule has 2 atom stereocenters. The highest BCUT2D eigenvalue weighted by Gasteiger charge is 2.15. The third-order valence-corrected chi connectivity index (χ3v) is 3.41. The fourth-order valence-electron chi connectivity index (χ4n) is 2.54. The summed E-state index contributed by atoms with van der Waals surface area (Å²) in [4.78, 5) is 0. The van der Waals surface area contributed by atoms with Gasteiger partial charge in [-0.15, -0.1) is 0 Å². The second-order valence-corrected chi connectivity index (χ2v) is 5.89. The third kappa shape index (κ3) is 4.49. The van der Waals surface area contributed by atoms with E-state index in [9.17, 15) is 0 Å². The fraction of sp³-hybridized carbons (Fsp3) is 0.471. The summed E-state index contributed by atoms with van der Waals surface area (Å²) in [5, 5.41) is 8.02. The first kappa shape index (κ1) is 14.8. The van der Waals surface area contributed by atoms with E-state index in [1.807, 2.05) is 23.1 Å². The Morgan fingerprint density at radius 3 is 2.45 bits per heavy atom. The summed E-state index contributed by atoms with van der Waals surface area (Å²) in [5.74, 6) is 0.671. The molecule has 20 heavy (non-hydrogen) atoms. The predicted octanol–water partition coefficient (Wildman–Crippen LogP) is 3.65. The molecule has 1 heterocycles. The fourth-order valence-corrected chi connectivity index (χ4v) is 2.54. The number of nitrogens with zero attached hydrogens (tertiary/aromatic N) is 2. The van der Waals surface area contributed by atoms with Crippen molar-refractivity contribution in [2.75, 3.05) is 0 Å². The summed E-state index contributed by atoms with van der Waals surface area (Å²) in [5.41, 5.74) is 1.37. The molecule has 0 saturated carbocycles. The number of aromatic nitrogens is 2. The molecule has 2 rings (SSSR count). The molecule has 0 aliphatic heterocycles. The Balaban J connectivity index is 2.00. The Morgan fingerprint density at radius 1 is 1.10 bits per heavy atom. The van der Waals surface area contributed by atoms with Gasteiger partial charge in [0.1, 0.15) is 0 Å². The van der Waals surface area contributed by atoms with Crippen LogP contribution in [0, 0.1) is 5.92 Å². The molecule has 0 bridgehead atoms. The van der Waals surface area contributed by atoms with Gasteiger partial charge in [-0.2, -0.15) is 5.10 Å².